The van der Waals surface area contributed by atoms with Gasteiger partial charge in [-0.15, -0.1) is 10.2 Å². The molecule has 0 bridgehead atoms. The summed E-state index contributed by atoms with van der Waals surface area (Å²) in [5.74, 6) is -0.256. The van der Waals surface area contributed by atoms with Crippen LogP contribution in [0.25, 0.3) is 5.57 Å². The molecule has 0 radical (unpaired) electrons. The van der Waals surface area contributed by atoms with E-state index < -0.39 is 16.8 Å². The molecule has 1 aromatic heterocycles. The smallest absolute Gasteiger partial charge is 0.336 e. The fourth-order valence-electron chi connectivity index (χ4n) is 5.61. The standard InChI is InChI=1S/C29H34N8O5/c1-19-25(28-31-33-34(3)32-28)27(21-9-5-6-10-22(21)37(39)40)26(20(2)30-19)29(38)42-18-17-35-13-15-36(16-14-35)23-11-7-8-12-24(23)41-4/h5-12,27,30H,13-18H2,1-4H3. The van der Waals surface area contributed by atoms with Crippen LogP contribution in [0.2, 0.25) is 0 Å². The van der Waals surface area contributed by atoms with Crippen LogP contribution in [0.5, 0.6) is 5.75 Å². The van der Waals surface area contributed by atoms with E-state index in [0.717, 1.165) is 37.6 Å². The molecule has 3 aromatic rings. The van der Waals surface area contributed by atoms with Crippen molar-refractivity contribution in [2.75, 3.05) is 51.3 Å². The van der Waals surface area contributed by atoms with Gasteiger partial charge in [0.2, 0.25) is 5.82 Å². The van der Waals surface area contributed by atoms with Crippen LogP contribution in [0.4, 0.5) is 11.4 Å². The first-order chi connectivity index (χ1) is 20.3. The zero-order chi connectivity index (χ0) is 29.8. The Kier molecular flexibility index (Phi) is 8.48. The maximum absolute atomic E-state index is 13.7. The molecule has 1 unspecified atom stereocenters. The van der Waals surface area contributed by atoms with Crippen molar-refractivity contribution < 1.29 is 19.2 Å². The van der Waals surface area contributed by atoms with E-state index in [9.17, 15) is 14.9 Å². The number of tetrazole rings is 1. The number of piperazine rings is 1. The molecule has 3 heterocycles. The Labute approximate surface area is 243 Å². The van der Waals surface area contributed by atoms with Crippen molar-refractivity contribution in [3.63, 3.8) is 0 Å². The number of nitro groups is 1. The molecule has 0 saturated carbocycles. The fraction of sp³-hybridized carbons (Fsp3) is 0.379. The summed E-state index contributed by atoms with van der Waals surface area (Å²) in [6, 6.07) is 14.4. The first kappa shape index (κ1) is 28.7. The third kappa shape index (κ3) is 5.81. The second kappa shape index (κ2) is 12.4. The number of allylic oxidation sites excluding steroid dienone is 3. The maximum atomic E-state index is 13.7. The summed E-state index contributed by atoms with van der Waals surface area (Å²) in [6.45, 7) is 7.58. The highest BCUT2D eigenvalue weighted by Crippen LogP contribution is 2.45. The molecule has 2 aliphatic rings. The minimum atomic E-state index is -0.825. The van der Waals surface area contributed by atoms with Crippen LogP contribution in [0.3, 0.4) is 0 Å². The number of methoxy groups -OCH3 is 1. The van der Waals surface area contributed by atoms with Crippen LogP contribution in [-0.2, 0) is 16.6 Å². The Balaban J connectivity index is 1.32. The highest BCUT2D eigenvalue weighted by Gasteiger charge is 2.39. The van der Waals surface area contributed by atoms with E-state index in [2.05, 4.69) is 36.6 Å². The average Bonchev–Trinajstić information content (AvgIpc) is 3.42. The number of aryl methyl sites for hydroxylation is 1. The number of para-hydroxylation sites is 3. The van der Waals surface area contributed by atoms with Crippen LogP contribution < -0.4 is 15.0 Å². The molecule has 5 rings (SSSR count). The number of carbonyl (C=O) groups excluding carboxylic acids is 1. The lowest BCUT2D eigenvalue weighted by atomic mass is 9.79. The summed E-state index contributed by atoms with van der Waals surface area (Å²) in [7, 11) is 3.31. The van der Waals surface area contributed by atoms with Gasteiger partial charge in [0.25, 0.3) is 5.69 Å². The Hall–Kier alpha value is -4.78. The van der Waals surface area contributed by atoms with Crippen LogP contribution >= 0.6 is 0 Å². The van der Waals surface area contributed by atoms with Crippen molar-refractivity contribution in [2.45, 2.75) is 19.8 Å². The number of nitrogens with zero attached hydrogens (tertiary/aromatic N) is 7. The van der Waals surface area contributed by atoms with E-state index >= 15 is 0 Å². The van der Waals surface area contributed by atoms with Crippen molar-refractivity contribution in [1.82, 2.24) is 30.4 Å². The van der Waals surface area contributed by atoms with Gasteiger partial charge in [0.15, 0.2) is 0 Å². The quantitative estimate of drug-likeness (QED) is 0.229. The highest BCUT2D eigenvalue weighted by molar-refractivity contribution is 5.97. The molecule has 1 atom stereocenters. The second-order valence-electron chi connectivity index (χ2n) is 10.2. The number of rotatable bonds is 9. The zero-order valence-corrected chi connectivity index (χ0v) is 24.1. The monoisotopic (exact) mass is 574 g/mol. The van der Waals surface area contributed by atoms with Crippen molar-refractivity contribution in [2.24, 2.45) is 7.05 Å². The number of aromatic nitrogens is 4. The molecule has 220 valence electrons. The van der Waals surface area contributed by atoms with Crippen LogP contribution in [0.15, 0.2) is 65.5 Å². The number of anilines is 1. The zero-order valence-electron chi connectivity index (χ0n) is 24.1. The van der Waals surface area contributed by atoms with Gasteiger partial charge in [-0.25, -0.2) is 4.79 Å². The minimum Gasteiger partial charge on any atom is -0.495 e. The molecule has 13 nitrogen and oxygen atoms in total. The molecule has 0 amide bonds. The molecule has 2 aromatic carbocycles. The number of nitro benzene ring substituents is 1. The van der Waals surface area contributed by atoms with E-state index in [1.165, 1.54) is 10.9 Å². The number of ether oxygens (including phenoxy) is 2. The molecule has 1 saturated heterocycles. The van der Waals surface area contributed by atoms with E-state index in [1.807, 2.05) is 25.1 Å². The van der Waals surface area contributed by atoms with Crippen LogP contribution in [0.1, 0.15) is 31.2 Å². The normalized spacial score (nSPS) is 17.7. The lowest BCUT2D eigenvalue weighted by Crippen LogP contribution is -2.47. The number of dihydropyridines is 1. The Morgan fingerprint density at radius 1 is 1.07 bits per heavy atom. The van der Waals surface area contributed by atoms with E-state index in [4.69, 9.17) is 9.47 Å². The second-order valence-corrected chi connectivity index (χ2v) is 10.2. The van der Waals surface area contributed by atoms with Gasteiger partial charge in [-0.1, -0.05) is 30.3 Å². The Bertz CT molecular complexity index is 1540. The number of nitrogens with one attached hydrogen (secondary N) is 1. The first-order valence-electron chi connectivity index (χ1n) is 13.7. The summed E-state index contributed by atoms with van der Waals surface area (Å²) in [6.07, 6.45) is 0. The molecule has 1 N–H and O–H groups in total. The summed E-state index contributed by atoms with van der Waals surface area (Å²) in [5.41, 5.74) is 3.35. The van der Waals surface area contributed by atoms with Crippen molar-refractivity contribution in [3.8, 4) is 5.75 Å². The number of carbonyl (C=O) groups is 1. The molecular weight excluding hydrogens is 540 g/mol. The number of benzene rings is 2. The van der Waals surface area contributed by atoms with Gasteiger partial charge in [-0.3, -0.25) is 15.0 Å². The number of hydrogen-bond donors (Lipinski definition) is 1. The van der Waals surface area contributed by atoms with Crippen LogP contribution in [-0.4, -0.2) is 82.4 Å². The van der Waals surface area contributed by atoms with Gasteiger partial charge in [0.05, 0.1) is 36.3 Å². The Morgan fingerprint density at radius 2 is 1.79 bits per heavy atom. The van der Waals surface area contributed by atoms with Gasteiger partial charge < -0.3 is 19.7 Å². The van der Waals surface area contributed by atoms with Gasteiger partial charge >= 0.3 is 5.97 Å². The predicted molar refractivity (Wildman–Crippen MR) is 156 cm³/mol. The fourth-order valence-corrected chi connectivity index (χ4v) is 5.61. The van der Waals surface area contributed by atoms with Crippen molar-refractivity contribution >= 4 is 22.9 Å². The van der Waals surface area contributed by atoms with Gasteiger partial charge in [0, 0.05) is 61.3 Å². The van der Waals surface area contributed by atoms with E-state index in [-0.39, 0.29) is 23.7 Å². The van der Waals surface area contributed by atoms with Crippen LogP contribution in [0, 0.1) is 10.1 Å². The predicted octanol–water partition coefficient (Wildman–Crippen LogP) is 2.88. The molecule has 1 fully saturated rings. The molecule has 42 heavy (non-hydrogen) atoms. The topological polar surface area (TPSA) is 141 Å². The average molecular weight is 575 g/mol. The van der Waals surface area contributed by atoms with Gasteiger partial charge in [-0.05, 0) is 31.2 Å². The van der Waals surface area contributed by atoms with Gasteiger partial charge in [-0.2, -0.15) is 4.80 Å². The SMILES string of the molecule is COc1ccccc1N1CCN(CCOC(=O)C2=C(C)NC(C)=C(c3nnn(C)n3)C2c2ccccc2[N+](=O)[O-])CC1. The largest absolute Gasteiger partial charge is 0.495 e. The number of hydrogen-bond acceptors (Lipinski definition) is 11. The third-order valence-electron chi connectivity index (χ3n) is 7.61. The maximum Gasteiger partial charge on any atom is 0.336 e. The molecule has 13 heteroatoms. The molecule has 0 aliphatic carbocycles. The summed E-state index contributed by atoms with van der Waals surface area (Å²) in [5, 5.41) is 27.7. The molecule has 0 spiro atoms. The third-order valence-corrected chi connectivity index (χ3v) is 7.61. The lowest BCUT2D eigenvalue weighted by Gasteiger charge is -2.36. The van der Waals surface area contributed by atoms with Crippen molar-refractivity contribution in [3.05, 3.63) is 87.0 Å². The lowest BCUT2D eigenvalue weighted by molar-refractivity contribution is -0.385. The Morgan fingerprint density at radius 3 is 2.48 bits per heavy atom. The highest BCUT2D eigenvalue weighted by atomic mass is 16.6. The summed E-state index contributed by atoms with van der Waals surface area (Å²) < 4.78 is 11.3. The summed E-state index contributed by atoms with van der Waals surface area (Å²) >= 11 is 0. The summed E-state index contributed by atoms with van der Waals surface area (Å²) in [4.78, 5) is 31.1. The number of esters is 1. The first-order valence-corrected chi connectivity index (χ1v) is 13.7. The van der Waals surface area contributed by atoms with E-state index in [1.54, 1.807) is 39.3 Å². The minimum absolute atomic E-state index is 0.107. The van der Waals surface area contributed by atoms with Gasteiger partial charge in [0.1, 0.15) is 12.4 Å². The van der Waals surface area contributed by atoms with Crippen molar-refractivity contribution in [1.29, 1.82) is 0 Å². The molecule has 2 aliphatic heterocycles. The molecular formula is C29H34N8O5. The van der Waals surface area contributed by atoms with E-state index in [0.29, 0.717) is 29.1 Å².